The van der Waals surface area contributed by atoms with E-state index in [1.54, 1.807) is 20.8 Å². The molecule has 96 valence electrons. The highest BCUT2D eigenvalue weighted by molar-refractivity contribution is 6.04. The lowest BCUT2D eigenvalue weighted by molar-refractivity contribution is -0.152. The lowest BCUT2D eigenvalue weighted by atomic mass is 10.0. The number of carbonyl (C=O) groups is 3. The molecule has 0 aromatic carbocycles. The van der Waals surface area contributed by atoms with E-state index in [-0.39, 0.29) is 18.9 Å². The summed E-state index contributed by atoms with van der Waals surface area (Å²) < 4.78 is 5.16. The summed E-state index contributed by atoms with van der Waals surface area (Å²) in [6.07, 6.45) is 0.133. The molecule has 1 heterocycles. The van der Waals surface area contributed by atoms with Gasteiger partial charge >= 0.3 is 0 Å². The van der Waals surface area contributed by atoms with Crippen molar-refractivity contribution in [1.82, 2.24) is 10.2 Å². The van der Waals surface area contributed by atoms with Crippen LogP contribution in [-0.4, -0.2) is 47.9 Å². The Bertz CT molecular complexity index is 351. The molecule has 3 amide bonds. The number of imide groups is 1. The maximum Gasteiger partial charge on any atom is 0.249 e. The molecule has 0 bridgehead atoms. The van der Waals surface area contributed by atoms with Gasteiger partial charge in [0.05, 0.1) is 12.0 Å². The van der Waals surface area contributed by atoms with Crippen LogP contribution in [0.15, 0.2) is 0 Å². The average molecular weight is 242 g/mol. The Morgan fingerprint density at radius 1 is 1.53 bits per heavy atom. The van der Waals surface area contributed by atoms with Crippen molar-refractivity contribution in [3.8, 4) is 0 Å². The quantitative estimate of drug-likeness (QED) is 0.688. The topological polar surface area (TPSA) is 75.7 Å². The minimum atomic E-state index is -0.618. The molecular weight excluding hydrogens is 224 g/mol. The van der Waals surface area contributed by atoms with Gasteiger partial charge in [-0.3, -0.25) is 19.7 Å². The van der Waals surface area contributed by atoms with Gasteiger partial charge in [0.1, 0.15) is 12.6 Å². The summed E-state index contributed by atoms with van der Waals surface area (Å²) in [6, 6.07) is -0.618. The first-order valence-electron chi connectivity index (χ1n) is 5.45. The standard InChI is InChI=1S/C11H18N2O4/c1-7-10(16)12-8(14)6-13(7)9(15)5-11(2,3)17-4/h7H,5-6H2,1-4H3,(H,12,14,16). The predicted octanol–water partition coefficient (Wildman–Crippen LogP) is -0.325. The lowest BCUT2D eigenvalue weighted by Crippen LogP contribution is -2.59. The maximum absolute atomic E-state index is 12.0. The van der Waals surface area contributed by atoms with E-state index in [9.17, 15) is 14.4 Å². The molecule has 0 aromatic heterocycles. The number of ether oxygens (including phenoxy) is 1. The molecule has 1 atom stereocenters. The minimum Gasteiger partial charge on any atom is -0.378 e. The third-order valence-corrected chi connectivity index (χ3v) is 2.87. The summed E-state index contributed by atoms with van der Waals surface area (Å²) in [7, 11) is 1.52. The number of rotatable bonds is 3. The predicted molar refractivity (Wildman–Crippen MR) is 60.0 cm³/mol. The fourth-order valence-electron chi connectivity index (χ4n) is 1.56. The molecule has 17 heavy (non-hydrogen) atoms. The number of hydrogen-bond donors (Lipinski definition) is 1. The van der Waals surface area contributed by atoms with E-state index in [1.807, 2.05) is 0 Å². The van der Waals surface area contributed by atoms with E-state index in [1.165, 1.54) is 12.0 Å². The molecular formula is C11H18N2O4. The van der Waals surface area contributed by atoms with Gasteiger partial charge in [-0.1, -0.05) is 0 Å². The molecule has 6 nitrogen and oxygen atoms in total. The Morgan fingerprint density at radius 2 is 2.12 bits per heavy atom. The van der Waals surface area contributed by atoms with Crippen LogP contribution in [0.4, 0.5) is 0 Å². The highest BCUT2D eigenvalue weighted by Gasteiger charge is 2.35. The van der Waals surface area contributed by atoms with E-state index in [2.05, 4.69) is 5.32 Å². The van der Waals surface area contributed by atoms with Gasteiger partial charge in [0.15, 0.2) is 0 Å². The second-order valence-corrected chi connectivity index (χ2v) is 4.75. The molecule has 1 aliphatic heterocycles. The number of nitrogens with one attached hydrogen (secondary N) is 1. The minimum absolute atomic E-state index is 0.0778. The van der Waals surface area contributed by atoms with Crippen molar-refractivity contribution >= 4 is 17.7 Å². The lowest BCUT2D eigenvalue weighted by Gasteiger charge is -2.34. The Kier molecular flexibility index (Phi) is 3.87. The Hall–Kier alpha value is -1.43. The molecule has 0 aromatic rings. The van der Waals surface area contributed by atoms with Gasteiger partial charge in [-0.2, -0.15) is 0 Å². The van der Waals surface area contributed by atoms with Gasteiger partial charge in [0.25, 0.3) is 0 Å². The van der Waals surface area contributed by atoms with Crippen LogP contribution in [0.1, 0.15) is 27.2 Å². The SMILES string of the molecule is COC(C)(C)CC(=O)N1CC(=O)NC(=O)C1C. The van der Waals surface area contributed by atoms with Gasteiger partial charge in [-0.25, -0.2) is 0 Å². The van der Waals surface area contributed by atoms with E-state index < -0.39 is 23.5 Å². The number of piperazine rings is 1. The van der Waals surface area contributed by atoms with Crippen molar-refractivity contribution in [2.45, 2.75) is 38.8 Å². The zero-order valence-electron chi connectivity index (χ0n) is 10.6. The summed E-state index contributed by atoms with van der Waals surface area (Å²) in [4.78, 5) is 35.9. The zero-order valence-corrected chi connectivity index (χ0v) is 10.6. The molecule has 1 rings (SSSR count). The van der Waals surface area contributed by atoms with E-state index in [0.29, 0.717) is 0 Å². The molecule has 0 spiro atoms. The first-order valence-corrected chi connectivity index (χ1v) is 5.45. The molecule has 6 heteroatoms. The molecule has 1 fully saturated rings. The van der Waals surface area contributed by atoms with Crippen molar-refractivity contribution in [3.63, 3.8) is 0 Å². The van der Waals surface area contributed by atoms with Gasteiger partial charge in [-0.05, 0) is 20.8 Å². The largest absolute Gasteiger partial charge is 0.378 e. The van der Waals surface area contributed by atoms with Crippen LogP contribution in [0, 0.1) is 0 Å². The van der Waals surface area contributed by atoms with Crippen LogP contribution in [-0.2, 0) is 19.1 Å². The van der Waals surface area contributed by atoms with Gasteiger partial charge in [0.2, 0.25) is 17.7 Å². The number of methoxy groups -OCH3 is 1. The first kappa shape index (κ1) is 13.6. The van der Waals surface area contributed by atoms with E-state index >= 15 is 0 Å². The number of nitrogens with zero attached hydrogens (tertiary/aromatic N) is 1. The van der Waals surface area contributed by atoms with Crippen molar-refractivity contribution in [2.24, 2.45) is 0 Å². The van der Waals surface area contributed by atoms with Crippen LogP contribution < -0.4 is 5.32 Å². The summed E-state index contributed by atoms with van der Waals surface area (Å²) >= 11 is 0. The molecule has 1 aliphatic rings. The van der Waals surface area contributed by atoms with Gasteiger partial charge in [0, 0.05) is 7.11 Å². The summed E-state index contributed by atoms with van der Waals surface area (Å²) in [5, 5.41) is 2.19. The monoisotopic (exact) mass is 242 g/mol. The Balaban J connectivity index is 2.74. The highest BCUT2D eigenvalue weighted by Crippen LogP contribution is 2.17. The molecule has 0 radical (unpaired) electrons. The maximum atomic E-state index is 12.0. The summed E-state index contributed by atoms with van der Waals surface area (Å²) in [5.41, 5.74) is -0.603. The van der Waals surface area contributed by atoms with Gasteiger partial charge in [-0.15, -0.1) is 0 Å². The van der Waals surface area contributed by atoms with Crippen molar-refractivity contribution < 1.29 is 19.1 Å². The summed E-state index contributed by atoms with van der Waals surface area (Å²) in [5.74, 6) is -1.14. The number of carbonyl (C=O) groups excluding carboxylic acids is 3. The van der Waals surface area contributed by atoms with Crippen LogP contribution in [0.25, 0.3) is 0 Å². The zero-order chi connectivity index (χ0) is 13.2. The third kappa shape index (κ3) is 3.26. The number of hydrogen-bond acceptors (Lipinski definition) is 4. The average Bonchev–Trinajstić information content (AvgIpc) is 2.22. The second kappa shape index (κ2) is 4.83. The van der Waals surface area contributed by atoms with Crippen molar-refractivity contribution in [1.29, 1.82) is 0 Å². The molecule has 0 aliphatic carbocycles. The molecule has 1 saturated heterocycles. The molecule has 1 N–H and O–H groups in total. The van der Waals surface area contributed by atoms with Crippen LogP contribution in [0.3, 0.4) is 0 Å². The highest BCUT2D eigenvalue weighted by atomic mass is 16.5. The molecule has 1 unspecified atom stereocenters. The third-order valence-electron chi connectivity index (χ3n) is 2.87. The fraction of sp³-hybridized carbons (Fsp3) is 0.727. The Morgan fingerprint density at radius 3 is 2.65 bits per heavy atom. The van der Waals surface area contributed by atoms with Gasteiger partial charge < -0.3 is 9.64 Å². The summed E-state index contributed by atoms with van der Waals surface area (Å²) in [6.45, 7) is 5.08. The van der Waals surface area contributed by atoms with Crippen molar-refractivity contribution in [2.75, 3.05) is 13.7 Å². The van der Waals surface area contributed by atoms with Crippen molar-refractivity contribution in [3.05, 3.63) is 0 Å². The smallest absolute Gasteiger partial charge is 0.249 e. The van der Waals surface area contributed by atoms with E-state index in [4.69, 9.17) is 4.74 Å². The first-order chi connectivity index (χ1) is 7.76. The number of amides is 3. The van der Waals surface area contributed by atoms with E-state index in [0.717, 1.165) is 0 Å². The van der Waals surface area contributed by atoms with Crippen LogP contribution >= 0.6 is 0 Å². The normalized spacial score (nSPS) is 21.4. The second-order valence-electron chi connectivity index (χ2n) is 4.75. The van der Waals surface area contributed by atoms with Crippen LogP contribution in [0.2, 0.25) is 0 Å². The molecule has 0 saturated carbocycles. The fourth-order valence-corrected chi connectivity index (χ4v) is 1.56. The Labute approximate surface area is 100 Å². The van der Waals surface area contributed by atoms with Crippen LogP contribution in [0.5, 0.6) is 0 Å².